The second-order valence-corrected chi connectivity index (χ2v) is 4.83. The molecule has 0 atom stereocenters. The van der Waals surface area contributed by atoms with Crippen molar-refractivity contribution >= 4 is 11.8 Å². The number of carbonyl (C=O) groups is 1. The maximum absolute atomic E-state index is 11.1. The largest absolute Gasteiger partial charge is 0.478 e. The highest BCUT2D eigenvalue weighted by Gasteiger charge is 2.32. The van der Waals surface area contributed by atoms with Gasteiger partial charge in [-0.3, -0.25) is 0 Å². The van der Waals surface area contributed by atoms with Crippen LogP contribution in [0.4, 0.5) is 5.82 Å². The lowest BCUT2D eigenvalue weighted by atomic mass is 9.82. The van der Waals surface area contributed by atoms with Gasteiger partial charge in [-0.1, -0.05) is 19.3 Å². The number of anilines is 1. The molecule has 0 radical (unpaired) electrons. The van der Waals surface area contributed by atoms with Crippen LogP contribution in [0, 0.1) is 0 Å². The Labute approximate surface area is 106 Å². The number of hydrogen-bond donors (Lipinski definition) is 3. The summed E-state index contributed by atoms with van der Waals surface area (Å²) in [5, 5.41) is 21.9. The molecule has 0 amide bonds. The fraction of sp³-hybridized carbons (Fsp3) is 0.538. The summed E-state index contributed by atoms with van der Waals surface area (Å²) in [5.41, 5.74) is -0.271. The summed E-state index contributed by atoms with van der Waals surface area (Å²) in [6.45, 7) is 0.00261. The first kappa shape index (κ1) is 12.8. The number of carboxylic acid groups (broad SMARTS) is 1. The summed E-state index contributed by atoms with van der Waals surface area (Å²) in [5.74, 6) is -0.657. The van der Waals surface area contributed by atoms with E-state index in [4.69, 9.17) is 5.11 Å². The highest BCUT2D eigenvalue weighted by molar-refractivity contribution is 5.93. The molecule has 1 aromatic rings. The number of aliphatic hydroxyl groups excluding tert-OH is 1. The molecule has 0 aromatic carbocycles. The molecule has 1 fully saturated rings. The van der Waals surface area contributed by atoms with Gasteiger partial charge in [-0.25, -0.2) is 9.78 Å². The molecule has 5 heteroatoms. The first-order valence-electron chi connectivity index (χ1n) is 6.24. The van der Waals surface area contributed by atoms with Crippen LogP contribution in [-0.4, -0.2) is 33.3 Å². The first-order chi connectivity index (χ1) is 8.67. The van der Waals surface area contributed by atoms with Gasteiger partial charge in [0.2, 0.25) is 0 Å². The van der Waals surface area contributed by atoms with Gasteiger partial charge in [0, 0.05) is 6.20 Å². The second-order valence-electron chi connectivity index (χ2n) is 4.83. The van der Waals surface area contributed by atoms with E-state index in [9.17, 15) is 9.90 Å². The zero-order valence-corrected chi connectivity index (χ0v) is 10.2. The van der Waals surface area contributed by atoms with Gasteiger partial charge in [0.1, 0.15) is 11.4 Å². The molecule has 18 heavy (non-hydrogen) atoms. The number of carboxylic acids is 1. The molecule has 1 aliphatic carbocycles. The Morgan fingerprint density at radius 1 is 1.39 bits per heavy atom. The smallest absolute Gasteiger partial charge is 0.339 e. The quantitative estimate of drug-likeness (QED) is 0.760. The third-order valence-electron chi connectivity index (χ3n) is 3.54. The Balaban J connectivity index is 2.24. The van der Waals surface area contributed by atoms with Crippen molar-refractivity contribution in [1.29, 1.82) is 0 Å². The minimum atomic E-state index is -1.01. The number of aromatic carboxylic acids is 1. The predicted molar refractivity (Wildman–Crippen MR) is 67.7 cm³/mol. The third-order valence-corrected chi connectivity index (χ3v) is 3.54. The summed E-state index contributed by atoms with van der Waals surface area (Å²) in [6, 6.07) is 3.12. The standard InChI is InChI=1S/C13H18N2O3/c16-9-13(6-2-1-3-7-13)15-11-10(12(17)18)5-4-8-14-11/h4-5,8,16H,1-3,6-7,9H2,(H,14,15)(H,17,18). The van der Waals surface area contributed by atoms with Gasteiger partial charge in [0.15, 0.2) is 0 Å². The topological polar surface area (TPSA) is 82.5 Å². The zero-order chi connectivity index (χ0) is 13.0. The van der Waals surface area contributed by atoms with Crippen LogP contribution >= 0.6 is 0 Å². The summed E-state index contributed by atoms with van der Waals surface area (Å²) >= 11 is 0. The van der Waals surface area contributed by atoms with Gasteiger partial charge in [0.25, 0.3) is 0 Å². The lowest BCUT2D eigenvalue weighted by Gasteiger charge is -2.37. The van der Waals surface area contributed by atoms with Crippen molar-refractivity contribution in [3.63, 3.8) is 0 Å². The molecule has 1 aliphatic rings. The molecule has 0 bridgehead atoms. The van der Waals surface area contributed by atoms with Gasteiger partial charge < -0.3 is 15.5 Å². The monoisotopic (exact) mass is 250 g/mol. The predicted octanol–water partition coefficient (Wildman–Crippen LogP) is 1.89. The molecule has 0 spiro atoms. The third kappa shape index (κ3) is 2.61. The Hall–Kier alpha value is -1.62. The van der Waals surface area contributed by atoms with Crippen LogP contribution in [0.2, 0.25) is 0 Å². The first-order valence-corrected chi connectivity index (χ1v) is 6.24. The minimum absolute atomic E-state index is 0.00261. The number of pyridine rings is 1. The van der Waals surface area contributed by atoms with E-state index in [-0.39, 0.29) is 12.2 Å². The van der Waals surface area contributed by atoms with Crippen LogP contribution < -0.4 is 5.32 Å². The Morgan fingerprint density at radius 3 is 2.72 bits per heavy atom. The van der Waals surface area contributed by atoms with Gasteiger partial charge in [-0.05, 0) is 25.0 Å². The second kappa shape index (κ2) is 5.35. The molecular weight excluding hydrogens is 232 g/mol. The van der Waals surface area contributed by atoms with Crippen LogP contribution in [-0.2, 0) is 0 Å². The van der Waals surface area contributed by atoms with Crippen molar-refractivity contribution in [3.05, 3.63) is 23.9 Å². The average molecular weight is 250 g/mol. The Morgan fingerprint density at radius 2 is 2.11 bits per heavy atom. The van der Waals surface area contributed by atoms with Crippen LogP contribution in [0.25, 0.3) is 0 Å². The molecule has 3 N–H and O–H groups in total. The van der Waals surface area contributed by atoms with Crippen molar-refractivity contribution in [3.8, 4) is 0 Å². The van der Waals surface area contributed by atoms with E-state index in [1.807, 2.05) is 0 Å². The normalized spacial score (nSPS) is 18.3. The number of nitrogens with one attached hydrogen (secondary N) is 1. The summed E-state index contributed by atoms with van der Waals surface area (Å²) in [7, 11) is 0. The van der Waals surface area contributed by atoms with E-state index >= 15 is 0 Å². The summed E-state index contributed by atoms with van der Waals surface area (Å²) in [4.78, 5) is 15.2. The Kier molecular flexibility index (Phi) is 3.81. The van der Waals surface area contributed by atoms with Crippen molar-refractivity contribution in [1.82, 2.24) is 4.98 Å². The lowest BCUT2D eigenvalue weighted by molar-refractivity contribution is 0.0697. The number of nitrogens with zero attached hydrogens (tertiary/aromatic N) is 1. The van der Waals surface area contributed by atoms with E-state index in [2.05, 4.69) is 10.3 Å². The summed E-state index contributed by atoms with van der Waals surface area (Å²) < 4.78 is 0. The SMILES string of the molecule is O=C(O)c1cccnc1NC1(CO)CCCCC1. The molecule has 0 saturated heterocycles. The van der Waals surface area contributed by atoms with E-state index < -0.39 is 11.5 Å². The van der Waals surface area contributed by atoms with E-state index in [0.29, 0.717) is 5.82 Å². The summed E-state index contributed by atoms with van der Waals surface area (Å²) in [6.07, 6.45) is 6.50. The number of hydrogen-bond acceptors (Lipinski definition) is 4. The molecule has 0 aliphatic heterocycles. The molecule has 1 heterocycles. The molecule has 0 unspecified atom stereocenters. The van der Waals surface area contributed by atoms with Crippen LogP contribution in [0.3, 0.4) is 0 Å². The highest BCUT2D eigenvalue weighted by atomic mass is 16.4. The van der Waals surface area contributed by atoms with E-state index in [1.165, 1.54) is 6.07 Å². The molecule has 1 saturated carbocycles. The molecule has 98 valence electrons. The zero-order valence-electron chi connectivity index (χ0n) is 10.2. The van der Waals surface area contributed by atoms with Crippen molar-refractivity contribution in [2.75, 3.05) is 11.9 Å². The highest BCUT2D eigenvalue weighted by Crippen LogP contribution is 2.31. The average Bonchev–Trinajstić information content (AvgIpc) is 2.40. The maximum atomic E-state index is 11.1. The number of aliphatic hydroxyl groups is 1. The van der Waals surface area contributed by atoms with Crippen LogP contribution in [0.1, 0.15) is 42.5 Å². The van der Waals surface area contributed by atoms with Gasteiger partial charge in [-0.15, -0.1) is 0 Å². The van der Waals surface area contributed by atoms with Gasteiger partial charge >= 0.3 is 5.97 Å². The maximum Gasteiger partial charge on any atom is 0.339 e. The number of aromatic nitrogens is 1. The fourth-order valence-corrected chi connectivity index (χ4v) is 2.48. The van der Waals surface area contributed by atoms with Gasteiger partial charge in [-0.2, -0.15) is 0 Å². The lowest BCUT2D eigenvalue weighted by Crippen LogP contribution is -2.44. The fourth-order valence-electron chi connectivity index (χ4n) is 2.48. The van der Waals surface area contributed by atoms with Crippen molar-refractivity contribution in [2.45, 2.75) is 37.6 Å². The molecule has 5 nitrogen and oxygen atoms in total. The minimum Gasteiger partial charge on any atom is -0.478 e. The molecule has 1 aromatic heterocycles. The van der Waals surface area contributed by atoms with Crippen molar-refractivity contribution < 1.29 is 15.0 Å². The number of rotatable bonds is 4. The van der Waals surface area contributed by atoms with Crippen LogP contribution in [0.5, 0.6) is 0 Å². The van der Waals surface area contributed by atoms with Crippen molar-refractivity contribution in [2.24, 2.45) is 0 Å². The Bertz CT molecular complexity index is 428. The van der Waals surface area contributed by atoms with E-state index in [1.54, 1.807) is 12.3 Å². The molecular formula is C13H18N2O3. The molecule has 2 rings (SSSR count). The van der Waals surface area contributed by atoms with E-state index in [0.717, 1.165) is 32.1 Å². The van der Waals surface area contributed by atoms with Crippen LogP contribution in [0.15, 0.2) is 18.3 Å². The van der Waals surface area contributed by atoms with Gasteiger partial charge in [0.05, 0.1) is 12.1 Å².